The van der Waals surface area contributed by atoms with Gasteiger partial charge in [-0.05, 0) is 34.9 Å². The largest absolute Gasteiger partial charge is 0.488 e. The van der Waals surface area contributed by atoms with Crippen molar-refractivity contribution in [2.24, 2.45) is 0 Å². The summed E-state index contributed by atoms with van der Waals surface area (Å²) in [6, 6.07) is 6.93. The Bertz CT molecular complexity index is 1050. The van der Waals surface area contributed by atoms with Gasteiger partial charge in [-0.25, -0.2) is 4.79 Å². The number of nitrogens with zero attached hydrogens (tertiary/aromatic N) is 4. The predicted octanol–water partition coefficient (Wildman–Crippen LogP) is 4.07. The number of hydrogen-bond acceptors (Lipinski definition) is 7. The summed E-state index contributed by atoms with van der Waals surface area (Å²) in [5, 5.41) is 11.1. The minimum absolute atomic E-state index is 0.0643. The smallest absolute Gasteiger partial charge is 0.389 e. The van der Waals surface area contributed by atoms with E-state index in [2.05, 4.69) is 4.98 Å². The minimum atomic E-state index is -4.27. The van der Waals surface area contributed by atoms with Crippen LogP contribution in [-0.4, -0.2) is 63.2 Å². The Labute approximate surface area is 205 Å². The number of carbonyl (C=O) groups excluding carboxylic acids is 2. The van der Waals surface area contributed by atoms with E-state index in [-0.39, 0.29) is 38.6 Å². The van der Waals surface area contributed by atoms with Gasteiger partial charge in [0.2, 0.25) is 12.2 Å². The van der Waals surface area contributed by atoms with Crippen LogP contribution in [0, 0.1) is 10.1 Å². The summed E-state index contributed by atoms with van der Waals surface area (Å²) in [4.78, 5) is 41.5. The van der Waals surface area contributed by atoms with Gasteiger partial charge in [-0.3, -0.25) is 9.36 Å². The van der Waals surface area contributed by atoms with Crippen molar-refractivity contribution < 1.29 is 37.2 Å². The molecule has 2 aromatic rings. The van der Waals surface area contributed by atoms with Gasteiger partial charge in [0, 0.05) is 12.8 Å². The Morgan fingerprint density at radius 3 is 2.56 bits per heavy atom. The number of ether oxygens (including phenoxy) is 2. The van der Waals surface area contributed by atoms with Crippen molar-refractivity contribution in [1.82, 2.24) is 14.5 Å². The van der Waals surface area contributed by atoms with Crippen LogP contribution in [-0.2, 0) is 14.3 Å². The van der Waals surface area contributed by atoms with Crippen LogP contribution >= 0.6 is 0 Å². The molecule has 0 bridgehead atoms. The van der Waals surface area contributed by atoms with Crippen LogP contribution in [0.3, 0.4) is 0 Å². The van der Waals surface area contributed by atoms with Gasteiger partial charge in [0.25, 0.3) is 0 Å². The number of likely N-dealkylation sites (tertiary alicyclic amines) is 1. The molecule has 0 saturated carbocycles. The number of imidazole rings is 1. The first-order chi connectivity index (χ1) is 17.1. The second-order valence-corrected chi connectivity index (χ2v) is 8.48. The zero-order valence-corrected chi connectivity index (χ0v) is 19.6. The summed E-state index contributed by atoms with van der Waals surface area (Å²) in [7, 11) is 1.20. The first-order valence-corrected chi connectivity index (χ1v) is 11.4. The number of rotatable bonds is 11. The quantitative estimate of drug-likeness (QED) is 0.193. The fourth-order valence-electron chi connectivity index (χ4n) is 4.20. The molecule has 36 heavy (non-hydrogen) atoms. The molecule has 1 fully saturated rings. The standard InChI is InChI=1S/C23H27F3N4O6/c1-35-22(32)19-12-17(36-16-8-4-2-5-9-16)13-29(19)21(31)18(10-6-3-7-11-23(24,25)26)28-14-20(27-15-28)30(33)34/h2,4-5,8-9,14-15,17-19H,3,6-7,10-13H2,1H3/t17?,18?,19-/m0/s1. The first kappa shape index (κ1) is 27.0. The second-order valence-electron chi connectivity index (χ2n) is 8.48. The van der Waals surface area contributed by atoms with Crippen molar-refractivity contribution in [2.45, 2.75) is 62.9 Å². The number of methoxy groups -OCH3 is 1. The molecule has 0 aliphatic carbocycles. The molecule has 13 heteroatoms. The van der Waals surface area contributed by atoms with Crippen LogP contribution in [0.25, 0.3) is 0 Å². The number of nitro groups is 1. The number of halogens is 3. The highest BCUT2D eigenvalue weighted by Crippen LogP contribution is 2.30. The zero-order chi connectivity index (χ0) is 26.3. The summed E-state index contributed by atoms with van der Waals surface area (Å²) in [6.07, 6.45) is -2.82. The van der Waals surface area contributed by atoms with Crippen molar-refractivity contribution in [3.05, 3.63) is 53.0 Å². The van der Waals surface area contributed by atoms with Crippen LogP contribution in [0.4, 0.5) is 19.0 Å². The number of esters is 1. The molecule has 1 aromatic heterocycles. The monoisotopic (exact) mass is 512 g/mol. The summed E-state index contributed by atoms with van der Waals surface area (Å²) < 4.78 is 49.5. The highest BCUT2D eigenvalue weighted by molar-refractivity contribution is 5.87. The molecule has 1 aliphatic heterocycles. The highest BCUT2D eigenvalue weighted by Gasteiger charge is 2.44. The Kier molecular flexibility index (Phi) is 8.88. The number of para-hydroxylation sites is 1. The average molecular weight is 512 g/mol. The van der Waals surface area contributed by atoms with E-state index in [4.69, 9.17) is 9.47 Å². The lowest BCUT2D eigenvalue weighted by molar-refractivity contribution is -0.389. The van der Waals surface area contributed by atoms with Crippen LogP contribution in [0.2, 0.25) is 0 Å². The number of unbranched alkanes of at least 4 members (excludes halogenated alkanes) is 2. The Balaban J connectivity index is 1.78. The molecule has 1 aliphatic rings. The van der Waals surface area contributed by atoms with E-state index >= 15 is 0 Å². The van der Waals surface area contributed by atoms with Gasteiger partial charge >= 0.3 is 18.0 Å². The molecule has 1 saturated heterocycles. The van der Waals surface area contributed by atoms with E-state index in [0.29, 0.717) is 5.75 Å². The minimum Gasteiger partial charge on any atom is -0.488 e. The average Bonchev–Trinajstić information content (AvgIpc) is 3.48. The van der Waals surface area contributed by atoms with E-state index in [9.17, 15) is 32.9 Å². The number of aromatic nitrogens is 2. The van der Waals surface area contributed by atoms with E-state index in [1.165, 1.54) is 16.6 Å². The molecule has 0 spiro atoms. The fourth-order valence-corrected chi connectivity index (χ4v) is 4.20. The normalized spacial score (nSPS) is 18.6. The van der Waals surface area contributed by atoms with Crippen molar-refractivity contribution in [3.8, 4) is 5.75 Å². The molecule has 2 unspecified atom stereocenters. The maximum Gasteiger partial charge on any atom is 0.389 e. The molecular formula is C23H27F3N4O6. The maximum absolute atomic E-state index is 13.6. The summed E-state index contributed by atoms with van der Waals surface area (Å²) in [5.74, 6) is -1.07. The summed E-state index contributed by atoms with van der Waals surface area (Å²) in [5.41, 5.74) is 0. The molecule has 0 N–H and O–H groups in total. The molecule has 3 rings (SSSR count). The molecule has 10 nitrogen and oxygen atoms in total. The van der Waals surface area contributed by atoms with Crippen molar-refractivity contribution in [1.29, 1.82) is 0 Å². The number of benzene rings is 1. The third-order valence-corrected chi connectivity index (χ3v) is 5.92. The van der Waals surface area contributed by atoms with Gasteiger partial charge in [-0.2, -0.15) is 13.2 Å². The second kappa shape index (κ2) is 11.9. The van der Waals surface area contributed by atoms with Crippen molar-refractivity contribution >= 4 is 17.7 Å². The van der Waals surface area contributed by atoms with Crippen LogP contribution < -0.4 is 4.74 Å². The van der Waals surface area contributed by atoms with Gasteiger partial charge in [-0.1, -0.05) is 31.0 Å². The number of amides is 1. The van der Waals surface area contributed by atoms with Gasteiger partial charge < -0.3 is 24.5 Å². The molecule has 3 atom stereocenters. The van der Waals surface area contributed by atoms with Gasteiger partial charge in [0.05, 0.1) is 13.7 Å². The molecular weight excluding hydrogens is 485 g/mol. The Morgan fingerprint density at radius 2 is 1.94 bits per heavy atom. The lowest BCUT2D eigenvalue weighted by atomic mass is 10.0. The lowest BCUT2D eigenvalue weighted by Gasteiger charge is -2.27. The topological polar surface area (TPSA) is 117 Å². The predicted molar refractivity (Wildman–Crippen MR) is 120 cm³/mol. The van der Waals surface area contributed by atoms with Gasteiger partial charge in [0.1, 0.15) is 30.1 Å². The van der Waals surface area contributed by atoms with E-state index in [1.54, 1.807) is 24.3 Å². The van der Waals surface area contributed by atoms with Crippen molar-refractivity contribution in [3.63, 3.8) is 0 Å². The molecule has 1 aromatic carbocycles. The zero-order valence-electron chi connectivity index (χ0n) is 19.6. The highest BCUT2D eigenvalue weighted by atomic mass is 19.4. The molecule has 2 heterocycles. The number of alkyl halides is 3. The maximum atomic E-state index is 13.6. The SMILES string of the molecule is COC(=O)[C@@H]1CC(Oc2ccccc2)CN1C(=O)C(CCCCCC(F)(F)F)n1cnc([N+](=O)[O-])c1. The van der Waals surface area contributed by atoms with E-state index in [1.807, 2.05) is 6.07 Å². The van der Waals surface area contributed by atoms with Crippen LogP contribution in [0.1, 0.15) is 44.6 Å². The third kappa shape index (κ3) is 7.18. The van der Waals surface area contributed by atoms with Crippen molar-refractivity contribution in [2.75, 3.05) is 13.7 Å². The van der Waals surface area contributed by atoms with Gasteiger partial charge in [-0.15, -0.1) is 0 Å². The van der Waals surface area contributed by atoms with E-state index in [0.717, 1.165) is 12.5 Å². The molecule has 1 amide bonds. The van der Waals surface area contributed by atoms with Crippen LogP contribution in [0.5, 0.6) is 5.75 Å². The Morgan fingerprint density at radius 1 is 1.22 bits per heavy atom. The first-order valence-electron chi connectivity index (χ1n) is 11.4. The number of hydrogen-bond donors (Lipinski definition) is 0. The molecule has 196 valence electrons. The Hall–Kier alpha value is -3.64. The fraction of sp³-hybridized carbons (Fsp3) is 0.522. The summed E-state index contributed by atoms with van der Waals surface area (Å²) in [6.45, 7) is 0.0643. The van der Waals surface area contributed by atoms with Gasteiger partial charge in [0.15, 0.2) is 0 Å². The number of carbonyl (C=O) groups is 2. The third-order valence-electron chi connectivity index (χ3n) is 5.92. The lowest BCUT2D eigenvalue weighted by Crippen LogP contribution is -2.44. The van der Waals surface area contributed by atoms with Crippen LogP contribution in [0.15, 0.2) is 42.9 Å². The van der Waals surface area contributed by atoms with E-state index < -0.39 is 53.4 Å². The molecule has 0 radical (unpaired) electrons. The summed E-state index contributed by atoms with van der Waals surface area (Å²) >= 11 is 0.